The maximum absolute atomic E-state index is 5.37. The smallest absolute Gasteiger partial charge is 0.127 e. The van der Waals surface area contributed by atoms with Crippen molar-refractivity contribution < 1.29 is 0 Å². The summed E-state index contributed by atoms with van der Waals surface area (Å²) in [7, 11) is 0. The normalized spacial score (nSPS) is 10.0. The number of halogens is 3. The molecule has 0 radical (unpaired) electrons. The van der Waals surface area contributed by atoms with Crippen LogP contribution in [-0.2, 0) is 0 Å². The molecule has 0 saturated heterocycles. The summed E-state index contributed by atoms with van der Waals surface area (Å²) in [5.41, 5.74) is 0. The van der Waals surface area contributed by atoms with E-state index in [9.17, 15) is 0 Å². The second kappa shape index (κ2) is 4.62. The molecular weight excluding hydrogens is 247 g/mol. The molecule has 4 heteroatoms. The first-order valence-electron chi connectivity index (χ1n) is 1.61. The van der Waals surface area contributed by atoms with Gasteiger partial charge < -0.3 is 0 Å². The van der Waals surface area contributed by atoms with Crippen molar-refractivity contribution in [2.75, 3.05) is 5.88 Å². The van der Waals surface area contributed by atoms with E-state index in [1.54, 1.807) is 0 Å². The Bertz CT molecular complexity index is 32.7. The van der Waals surface area contributed by atoms with Crippen molar-refractivity contribution in [2.45, 2.75) is 6.04 Å². The Kier molecular flexibility index (Phi) is 5.75. The molecule has 6 heavy (non-hydrogen) atoms. The van der Waals surface area contributed by atoms with Crippen LogP contribution in [0.2, 0.25) is 6.04 Å². The Balaban J connectivity index is 2.63. The monoisotopic (exact) mass is 250 g/mol. The van der Waals surface area contributed by atoms with Crippen LogP contribution in [-0.4, -0.2) is 11.9 Å². The average Bonchev–Trinajstić information content (AvgIpc) is 1.35. The van der Waals surface area contributed by atoms with Crippen LogP contribution in [0.4, 0.5) is 0 Å². The first-order chi connectivity index (χ1) is 2.77. The molecule has 38 valence electrons. The van der Waals surface area contributed by atoms with Gasteiger partial charge in [0.25, 0.3) is 0 Å². The highest BCUT2D eigenvalue weighted by Gasteiger charge is 1.95. The van der Waals surface area contributed by atoms with Gasteiger partial charge in [-0.05, 0) is 6.04 Å². The zero-order chi connectivity index (χ0) is 4.99. The van der Waals surface area contributed by atoms with Crippen LogP contribution in [0.1, 0.15) is 0 Å². The summed E-state index contributed by atoms with van der Waals surface area (Å²) in [4.78, 5) is 0. The lowest BCUT2D eigenvalue weighted by Crippen LogP contribution is -1.88. The molecule has 0 fully saturated rings. The minimum absolute atomic E-state index is 0.677. The van der Waals surface area contributed by atoms with Gasteiger partial charge in [-0.25, -0.2) is 0 Å². The van der Waals surface area contributed by atoms with Crippen molar-refractivity contribution in [1.29, 1.82) is 0 Å². The number of alkyl halides is 1. The van der Waals surface area contributed by atoms with Crippen molar-refractivity contribution in [1.82, 2.24) is 0 Å². The van der Waals surface area contributed by atoms with Crippen molar-refractivity contribution in [3.63, 3.8) is 0 Å². The third kappa shape index (κ3) is 5.47. The summed E-state index contributed by atoms with van der Waals surface area (Å²) < 4.78 is 0. The van der Waals surface area contributed by atoms with Crippen LogP contribution in [0.3, 0.4) is 0 Å². The van der Waals surface area contributed by atoms with Gasteiger partial charge in [0.2, 0.25) is 0 Å². The quantitative estimate of drug-likeness (QED) is 0.402. The average molecular weight is 252 g/mol. The summed E-state index contributed by atoms with van der Waals surface area (Å²) in [6.45, 7) is 0. The lowest BCUT2D eigenvalue weighted by Gasteiger charge is -1.87. The summed E-state index contributed by atoms with van der Waals surface area (Å²) in [6, 6.07) is 0.435. The van der Waals surface area contributed by atoms with Gasteiger partial charge >= 0.3 is 0 Å². The predicted octanol–water partition coefficient (Wildman–Crippen LogP) is 2.24. The topological polar surface area (TPSA) is 0 Å². The van der Waals surface area contributed by atoms with Crippen molar-refractivity contribution >= 4 is 48.2 Å². The molecule has 0 aromatic rings. The predicted molar refractivity (Wildman–Crippen MR) is 40.5 cm³/mol. The molecule has 0 aromatic heterocycles. The maximum Gasteiger partial charge on any atom is 0.187 e. The van der Waals surface area contributed by atoms with Gasteiger partial charge in [0.1, 0.15) is 0 Å². The highest BCUT2D eigenvalue weighted by Crippen LogP contribution is 2.08. The minimum atomic E-state index is -0.677. The van der Waals surface area contributed by atoms with Crippen LogP contribution in [0, 0.1) is 0 Å². The highest BCUT2D eigenvalue weighted by atomic mass is 79.9. The van der Waals surface area contributed by atoms with Crippen LogP contribution in [0.25, 0.3) is 0 Å². The van der Waals surface area contributed by atoms with Gasteiger partial charge in [-0.3, -0.25) is 0 Å². The molecule has 0 N–H and O–H groups in total. The number of rotatable bonds is 2. The van der Waals surface area contributed by atoms with Gasteiger partial charge in [-0.15, -0.1) is 42.2 Å². The largest absolute Gasteiger partial charge is 0.187 e. The standard InChI is InChI=1S/C2H5Br2ClSi/c3-6(4)2-1-5/h6H,1-2H2. The minimum Gasteiger partial charge on any atom is -0.127 e. The van der Waals surface area contributed by atoms with Gasteiger partial charge in [0.05, 0.1) is 0 Å². The molecular formula is C2H5Br2ClSi. The van der Waals surface area contributed by atoms with Gasteiger partial charge in [-0.1, -0.05) is 0 Å². The van der Waals surface area contributed by atoms with Gasteiger partial charge in [0, 0.05) is 5.88 Å². The molecule has 0 aliphatic carbocycles. The maximum atomic E-state index is 5.37. The van der Waals surface area contributed by atoms with Crippen molar-refractivity contribution in [3.8, 4) is 0 Å². The SMILES string of the molecule is ClCC[SiH](Br)Br. The van der Waals surface area contributed by atoms with E-state index in [-0.39, 0.29) is 0 Å². The molecule has 0 aromatic carbocycles. The molecule has 0 atom stereocenters. The highest BCUT2D eigenvalue weighted by molar-refractivity contribution is 9.49. The summed E-state index contributed by atoms with van der Waals surface area (Å²) >= 11 is 12.2. The lowest BCUT2D eigenvalue weighted by atomic mass is 11.0. The third-order valence-corrected chi connectivity index (χ3v) is 4.38. The first kappa shape index (κ1) is 7.47. The number of hydrogen-bond donors (Lipinski definition) is 0. The Morgan fingerprint density at radius 2 is 2.00 bits per heavy atom. The number of hydrogen-bond acceptors (Lipinski definition) is 0. The lowest BCUT2D eigenvalue weighted by molar-refractivity contribution is 1.48. The van der Waals surface area contributed by atoms with E-state index in [0.717, 1.165) is 11.9 Å². The molecule has 0 bridgehead atoms. The fourth-order valence-corrected chi connectivity index (χ4v) is 3.86. The molecule has 0 aliphatic rings. The molecule has 0 spiro atoms. The van der Waals surface area contributed by atoms with E-state index in [4.69, 9.17) is 11.6 Å². The Morgan fingerprint density at radius 3 is 2.00 bits per heavy atom. The molecule has 0 heterocycles. The molecule has 0 amide bonds. The molecule has 0 saturated carbocycles. The van der Waals surface area contributed by atoms with Crippen LogP contribution in [0.15, 0.2) is 0 Å². The van der Waals surface area contributed by atoms with E-state index in [1.165, 1.54) is 0 Å². The summed E-state index contributed by atoms with van der Waals surface area (Å²) in [5.74, 6) is 0.771. The van der Waals surface area contributed by atoms with E-state index in [1.807, 2.05) is 0 Å². The van der Waals surface area contributed by atoms with E-state index < -0.39 is 6.04 Å². The zero-order valence-corrected chi connectivity index (χ0v) is 8.21. The van der Waals surface area contributed by atoms with Gasteiger partial charge in [-0.2, -0.15) is 0 Å². The van der Waals surface area contributed by atoms with Gasteiger partial charge in [0.15, 0.2) is 6.04 Å². The first-order valence-corrected chi connectivity index (χ1v) is 9.33. The Morgan fingerprint density at radius 1 is 1.50 bits per heavy atom. The van der Waals surface area contributed by atoms with E-state index in [0.29, 0.717) is 0 Å². The van der Waals surface area contributed by atoms with Crippen LogP contribution >= 0.6 is 42.2 Å². The van der Waals surface area contributed by atoms with Crippen molar-refractivity contribution in [3.05, 3.63) is 0 Å². The molecule has 0 aliphatic heterocycles. The van der Waals surface area contributed by atoms with Crippen molar-refractivity contribution in [2.24, 2.45) is 0 Å². The zero-order valence-electron chi connectivity index (χ0n) is 3.13. The Hall–Kier alpha value is 1.47. The summed E-state index contributed by atoms with van der Waals surface area (Å²) in [5, 5.41) is 0. The third-order valence-electron chi connectivity index (χ3n) is 0.327. The van der Waals surface area contributed by atoms with E-state index in [2.05, 4.69) is 30.6 Å². The van der Waals surface area contributed by atoms with Crippen LogP contribution in [0.5, 0.6) is 0 Å². The summed E-state index contributed by atoms with van der Waals surface area (Å²) in [6.07, 6.45) is 0. The molecule has 0 rings (SSSR count). The molecule has 0 nitrogen and oxygen atoms in total. The second-order valence-corrected chi connectivity index (χ2v) is 12.9. The Labute approximate surface area is 60.0 Å². The molecule has 0 unspecified atom stereocenters. The second-order valence-electron chi connectivity index (χ2n) is 0.869. The fraction of sp³-hybridized carbons (Fsp3) is 1.00. The van der Waals surface area contributed by atoms with Crippen LogP contribution < -0.4 is 0 Å². The fourth-order valence-electron chi connectivity index (χ4n) is 0.0825. The van der Waals surface area contributed by atoms with E-state index >= 15 is 0 Å².